The molecule has 1 unspecified atom stereocenters. The molecule has 0 saturated carbocycles. The second-order valence-corrected chi connectivity index (χ2v) is 7.58. The number of benzene rings is 1. The number of nitrogens with zero attached hydrogens (tertiary/aromatic N) is 3. The zero-order valence-corrected chi connectivity index (χ0v) is 16.8. The summed E-state index contributed by atoms with van der Waals surface area (Å²) in [5, 5.41) is 2.31. The van der Waals surface area contributed by atoms with Gasteiger partial charge in [0.15, 0.2) is 0 Å². The van der Waals surface area contributed by atoms with Crippen LogP contribution in [-0.4, -0.2) is 51.6 Å². The van der Waals surface area contributed by atoms with Crippen LogP contribution in [0.1, 0.15) is 37.3 Å². The number of imide groups is 1. The van der Waals surface area contributed by atoms with Gasteiger partial charge in [-0.15, -0.1) is 0 Å². The smallest absolute Gasteiger partial charge is 0.306 e. The Morgan fingerprint density at radius 3 is 2.73 bits per heavy atom. The monoisotopic (exact) mass is 416 g/mol. The average molecular weight is 416 g/mol. The number of hydrogen-bond donors (Lipinski definition) is 1. The molecule has 0 spiro atoms. The van der Waals surface area contributed by atoms with E-state index in [4.69, 9.17) is 9.78 Å². The molecule has 10 nitrogen and oxygen atoms in total. The minimum Gasteiger partial charge on any atom is -0.306 e. The number of carbonyl (C=O) groups is 3. The Morgan fingerprint density at radius 2 is 2.03 bits per heavy atom. The van der Waals surface area contributed by atoms with Gasteiger partial charge in [0.25, 0.3) is 0 Å². The maximum atomic E-state index is 12.9. The van der Waals surface area contributed by atoms with Gasteiger partial charge in [0, 0.05) is 26.6 Å². The third-order valence-electron chi connectivity index (χ3n) is 5.63. The Labute approximate surface area is 172 Å². The van der Waals surface area contributed by atoms with Crippen molar-refractivity contribution in [2.24, 2.45) is 7.05 Å². The predicted molar refractivity (Wildman–Crippen MR) is 106 cm³/mol. The Hall–Kier alpha value is -3.14. The molecular formula is C20H24N4O6. The van der Waals surface area contributed by atoms with Crippen LogP contribution in [-0.2, 0) is 32.8 Å². The average Bonchev–Trinajstić information content (AvgIpc) is 2.92. The van der Waals surface area contributed by atoms with Crippen molar-refractivity contribution in [3.63, 3.8) is 0 Å². The normalized spacial score (nSPS) is 19.0. The predicted octanol–water partition coefficient (Wildman–Crippen LogP) is 1.02. The number of fused-ring (bicyclic) bond motifs is 1. The number of piperidine rings is 1. The number of aryl methyl sites for hydroxylation is 2. The lowest BCUT2D eigenvalue weighted by atomic mass is 10.0. The first-order valence-corrected chi connectivity index (χ1v) is 10.1. The van der Waals surface area contributed by atoms with Gasteiger partial charge < -0.3 is 4.90 Å². The molecule has 160 valence electrons. The first-order chi connectivity index (χ1) is 14.5. The molecule has 1 N–H and O–H groups in total. The third kappa shape index (κ3) is 3.70. The van der Waals surface area contributed by atoms with Gasteiger partial charge in [-0.25, -0.2) is 9.59 Å². The van der Waals surface area contributed by atoms with Gasteiger partial charge in [-0.3, -0.25) is 28.9 Å². The Kier molecular flexibility index (Phi) is 5.58. The van der Waals surface area contributed by atoms with E-state index in [1.807, 2.05) is 12.1 Å². The summed E-state index contributed by atoms with van der Waals surface area (Å²) >= 11 is 0. The van der Waals surface area contributed by atoms with Crippen molar-refractivity contribution in [2.45, 2.75) is 38.1 Å². The van der Waals surface area contributed by atoms with Crippen LogP contribution in [0.5, 0.6) is 0 Å². The molecule has 10 heteroatoms. The minimum atomic E-state index is -0.710. The Balaban J connectivity index is 1.47. The van der Waals surface area contributed by atoms with Crippen molar-refractivity contribution in [1.29, 1.82) is 0 Å². The number of carbonyl (C=O) groups excluding carboxylic acids is 3. The SMILES string of the molecule is Cn1c(=O)n(C2CCC(=O)NC2=O)c2cccc(CCCOOC(=O)N3CCC3)c21. The highest BCUT2D eigenvalue weighted by Gasteiger charge is 2.31. The van der Waals surface area contributed by atoms with Crippen LogP contribution >= 0.6 is 0 Å². The van der Waals surface area contributed by atoms with E-state index in [1.165, 1.54) is 9.13 Å². The molecular weight excluding hydrogens is 392 g/mol. The maximum Gasteiger partial charge on any atom is 0.441 e. The summed E-state index contributed by atoms with van der Waals surface area (Å²) < 4.78 is 2.99. The minimum absolute atomic E-state index is 0.201. The van der Waals surface area contributed by atoms with Crippen LogP contribution in [0, 0.1) is 0 Å². The molecule has 0 bridgehead atoms. The quantitative estimate of drug-likeness (QED) is 0.326. The topological polar surface area (TPSA) is 112 Å². The molecule has 2 saturated heterocycles. The molecule has 4 rings (SSSR count). The highest BCUT2D eigenvalue weighted by atomic mass is 17.2. The summed E-state index contributed by atoms with van der Waals surface area (Å²) in [4.78, 5) is 59.6. The van der Waals surface area contributed by atoms with Gasteiger partial charge in [-0.05, 0) is 37.3 Å². The fourth-order valence-electron chi connectivity index (χ4n) is 3.92. The number of aromatic nitrogens is 2. The summed E-state index contributed by atoms with van der Waals surface area (Å²) in [7, 11) is 1.67. The lowest BCUT2D eigenvalue weighted by molar-refractivity contribution is -0.247. The van der Waals surface area contributed by atoms with Gasteiger partial charge in [-0.1, -0.05) is 12.1 Å². The van der Waals surface area contributed by atoms with Crippen LogP contribution in [0.3, 0.4) is 0 Å². The number of hydrogen-bond acceptors (Lipinski definition) is 6. The molecule has 0 aliphatic carbocycles. The lowest BCUT2D eigenvalue weighted by Crippen LogP contribution is -2.44. The largest absolute Gasteiger partial charge is 0.441 e. The second kappa shape index (κ2) is 8.31. The van der Waals surface area contributed by atoms with Crippen molar-refractivity contribution >= 4 is 28.9 Å². The van der Waals surface area contributed by atoms with Crippen LogP contribution in [0.15, 0.2) is 23.0 Å². The molecule has 3 amide bonds. The second-order valence-electron chi connectivity index (χ2n) is 7.58. The number of amides is 3. The fourth-order valence-corrected chi connectivity index (χ4v) is 3.92. The fraction of sp³-hybridized carbons (Fsp3) is 0.500. The molecule has 2 fully saturated rings. The van der Waals surface area contributed by atoms with Crippen molar-refractivity contribution in [3.05, 3.63) is 34.2 Å². The van der Waals surface area contributed by atoms with E-state index in [2.05, 4.69) is 5.32 Å². The van der Waals surface area contributed by atoms with Gasteiger partial charge in [0.1, 0.15) is 6.04 Å². The van der Waals surface area contributed by atoms with Gasteiger partial charge in [-0.2, -0.15) is 4.89 Å². The highest BCUT2D eigenvalue weighted by Crippen LogP contribution is 2.25. The molecule has 3 heterocycles. The van der Waals surface area contributed by atoms with E-state index in [0.29, 0.717) is 37.9 Å². The van der Waals surface area contributed by atoms with Crippen molar-refractivity contribution in [2.75, 3.05) is 19.7 Å². The van der Waals surface area contributed by atoms with Crippen LogP contribution in [0.4, 0.5) is 4.79 Å². The zero-order chi connectivity index (χ0) is 21.3. The Bertz CT molecular complexity index is 1050. The Morgan fingerprint density at radius 1 is 1.23 bits per heavy atom. The van der Waals surface area contributed by atoms with Gasteiger partial charge in [0.2, 0.25) is 11.8 Å². The molecule has 2 aromatic rings. The van der Waals surface area contributed by atoms with E-state index in [0.717, 1.165) is 17.5 Å². The molecule has 2 aliphatic heterocycles. The molecule has 1 atom stereocenters. The van der Waals surface area contributed by atoms with Crippen LogP contribution < -0.4 is 11.0 Å². The number of para-hydroxylation sites is 1. The molecule has 1 aromatic heterocycles. The summed E-state index contributed by atoms with van der Waals surface area (Å²) in [6.07, 6.45) is 2.20. The van der Waals surface area contributed by atoms with E-state index in [9.17, 15) is 19.2 Å². The third-order valence-corrected chi connectivity index (χ3v) is 5.63. The number of imidazole rings is 1. The van der Waals surface area contributed by atoms with Gasteiger partial charge >= 0.3 is 11.8 Å². The first kappa shape index (κ1) is 20.1. The number of nitrogens with one attached hydrogen (secondary N) is 1. The molecule has 1 aromatic carbocycles. The van der Waals surface area contributed by atoms with E-state index >= 15 is 0 Å². The summed E-state index contributed by atoms with van der Waals surface area (Å²) in [6, 6.07) is 4.85. The van der Waals surface area contributed by atoms with Crippen molar-refractivity contribution in [3.8, 4) is 0 Å². The first-order valence-electron chi connectivity index (χ1n) is 10.1. The van der Waals surface area contributed by atoms with Crippen LogP contribution in [0.25, 0.3) is 11.0 Å². The van der Waals surface area contributed by atoms with Crippen molar-refractivity contribution < 1.29 is 24.2 Å². The summed E-state index contributed by atoms with van der Waals surface area (Å²) in [5.41, 5.74) is 2.02. The number of likely N-dealkylation sites (tertiary alicyclic amines) is 1. The molecule has 2 aliphatic rings. The van der Waals surface area contributed by atoms with E-state index in [1.54, 1.807) is 18.0 Å². The standard InChI is InChI=1S/C20H24N4O6/c1-22-17-13(6-3-12-29-30-20(28)23-10-4-11-23)5-2-7-14(17)24(19(22)27)15-8-9-16(25)21-18(15)26/h2,5,7,15H,3-4,6,8-12H2,1H3,(H,21,25,26). The van der Waals surface area contributed by atoms with Crippen molar-refractivity contribution in [1.82, 2.24) is 19.4 Å². The summed E-state index contributed by atoms with van der Waals surface area (Å²) in [5.74, 6) is -0.774. The molecule has 0 radical (unpaired) electrons. The zero-order valence-electron chi connectivity index (χ0n) is 16.8. The van der Waals surface area contributed by atoms with Crippen LogP contribution in [0.2, 0.25) is 0 Å². The lowest BCUT2D eigenvalue weighted by Gasteiger charge is -2.28. The number of rotatable bonds is 6. The maximum absolute atomic E-state index is 12.9. The van der Waals surface area contributed by atoms with Gasteiger partial charge in [0.05, 0.1) is 17.6 Å². The molecule has 30 heavy (non-hydrogen) atoms. The summed E-state index contributed by atoms with van der Waals surface area (Å²) in [6.45, 7) is 1.63. The van der Waals surface area contributed by atoms with E-state index < -0.39 is 18.0 Å². The van der Waals surface area contributed by atoms with E-state index in [-0.39, 0.29) is 24.6 Å². The highest BCUT2D eigenvalue weighted by molar-refractivity contribution is 6.00.